The second kappa shape index (κ2) is 6.31. The molecule has 0 aliphatic carbocycles. The zero-order valence-corrected chi connectivity index (χ0v) is 12.2. The van der Waals surface area contributed by atoms with Gasteiger partial charge in [0.05, 0.1) is 11.6 Å². The van der Waals surface area contributed by atoms with Crippen molar-refractivity contribution in [2.45, 2.75) is 13.0 Å². The number of rotatable bonds is 4. The number of nitrogens with zero attached hydrogens (tertiary/aromatic N) is 2. The summed E-state index contributed by atoms with van der Waals surface area (Å²) in [4.78, 5) is 14.0. The van der Waals surface area contributed by atoms with Crippen LogP contribution in [0.15, 0.2) is 48.5 Å². The van der Waals surface area contributed by atoms with Crippen LogP contribution < -0.4 is 4.74 Å². The van der Waals surface area contributed by atoms with E-state index in [1.54, 1.807) is 18.2 Å². The van der Waals surface area contributed by atoms with Crippen LogP contribution in [0.3, 0.4) is 0 Å². The molecule has 0 saturated carbocycles. The Balaban J connectivity index is 1.70. The van der Waals surface area contributed by atoms with Gasteiger partial charge in [-0.2, -0.15) is 5.26 Å². The number of ether oxygens (including phenoxy) is 1. The van der Waals surface area contributed by atoms with Crippen molar-refractivity contribution in [3.8, 4) is 11.8 Å². The van der Waals surface area contributed by atoms with Crippen LogP contribution >= 0.6 is 0 Å². The first-order valence-corrected chi connectivity index (χ1v) is 7.28. The Morgan fingerprint density at radius 2 is 2.00 bits per heavy atom. The number of hydrogen-bond acceptors (Lipinski definition) is 3. The van der Waals surface area contributed by atoms with E-state index in [1.807, 2.05) is 35.2 Å². The van der Waals surface area contributed by atoms with Gasteiger partial charge in [0.15, 0.2) is 0 Å². The molecule has 0 bridgehead atoms. The molecule has 1 aliphatic rings. The van der Waals surface area contributed by atoms with Crippen molar-refractivity contribution in [3.63, 3.8) is 0 Å². The van der Waals surface area contributed by atoms with Crippen molar-refractivity contribution in [3.05, 3.63) is 65.2 Å². The summed E-state index contributed by atoms with van der Waals surface area (Å²) in [6.45, 7) is 1.98. The lowest BCUT2D eigenvalue weighted by Crippen LogP contribution is -2.41. The summed E-state index contributed by atoms with van der Waals surface area (Å²) in [6, 6.07) is 16.7. The molecule has 0 spiro atoms. The Morgan fingerprint density at radius 3 is 2.73 bits per heavy atom. The molecule has 0 radical (unpaired) electrons. The van der Waals surface area contributed by atoms with Crippen molar-refractivity contribution in [2.75, 3.05) is 13.1 Å². The van der Waals surface area contributed by atoms with Crippen LogP contribution in [0.1, 0.15) is 27.9 Å². The molecule has 3 rings (SSSR count). The molecule has 0 N–H and O–H groups in total. The smallest absolute Gasteiger partial charge is 0.253 e. The minimum Gasteiger partial charge on any atom is -0.489 e. The van der Waals surface area contributed by atoms with E-state index in [0.717, 1.165) is 25.1 Å². The van der Waals surface area contributed by atoms with Gasteiger partial charge in [0, 0.05) is 24.2 Å². The van der Waals surface area contributed by atoms with Gasteiger partial charge in [0.2, 0.25) is 0 Å². The van der Waals surface area contributed by atoms with Crippen LogP contribution in [-0.4, -0.2) is 23.9 Å². The first-order valence-electron chi connectivity index (χ1n) is 7.28. The molecule has 1 saturated heterocycles. The fourth-order valence-corrected chi connectivity index (χ4v) is 2.34. The summed E-state index contributed by atoms with van der Waals surface area (Å²) in [5.41, 5.74) is 2.09. The van der Waals surface area contributed by atoms with Crippen molar-refractivity contribution < 1.29 is 9.53 Å². The quantitative estimate of drug-likeness (QED) is 0.870. The van der Waals surface area contributed by atoms with E-state index in [9.17, 15) is 4.79 Å². The van der Waals surface area contributed by atoms with E-state index < -0.39 is 0 Å². The molecule has 1 aliphatic heterocycles. The number of carbonyl (C=O) groups is 1. The predicted octanol–water partition coefficient (Wildman–Crippen LogP) is 2.98. The van der Waals surface area contributed by atoms with Crippen LogP contribution in [-0.2, 0) is 6.61 Å². The summed E-state index contributed by atoms with van der Waals surface area (Å²) in [5.74, 6) is 0.688. The maximum atomic E-state index is 12.2. The normalized spacial score (nSPS) is 13.1. The topological polar surface area (TPSA) is 53.3 Å². The van der Waals surface area contributed by atoms with E-state index in [4.69, 9.17) is 10.00 Å². The molecule has 0 unspecified atom stereocenters. The van der Waals surface area contributed by atoms with Crippen molar-refractivity contribution >= 4 is 5.91 Å². The maximum Gasteiger partial charge on any atom is 0.253 e. The van der Waals surface area contributed by atoms with Crippen LogP contribution in [0.2, 0.25) is 0 Å². The minimum atomic E-state index is 0.0501. The van der Waals surface area contributed by atoms with Gasteiger partial charge in [-0.1, -0.05) is 24.3 Å². The number of hydrogen-bond donors (Lipinski definition) is 0. The summed E-state index contributed by atoms with van der Waals surface area (Å²) < 4.78 is 5.73. The fourth-order valence-electron chi connectivity index (χ4n) is 2.34. The zero-order chi connectivity index (χ0) is 15.4. The molecule has 0 atom stereocenters. The van der Waals surface area contributed by atoms with Crippen molar-refractivity contribution in [1.82, 2.24) is 4.90 Å². The monoisotopic (exact) mass is 292 g/mol. The average molecular weight is 292 g/mol. The van der Waals surface area contributed by atoms with Crippen LogP contribution in [0.5, 0.6) is 5.75 Å². The number of likely N-dealkylation sites (tertiary alicyclic amines) is 1. The highest BCUT2D eigenvalue weighted by Crippen LogP contribution is 2.19. The summed E-state index contributed by atoms with van der Waals surface area (Å²) in [5, 5.41) is 9.07. The second-order valence-corrected chi connectivity index (χ2v) is 5.23. The van der Waals surface area contributed by atoms with Gasteiger partial charge in [0.25, 0.3) is 5.91 Å². The molecule has 1 amide bonds. The first-order chi connectivity index (χ1) is 10.8. The molecule has 2 aromatic carbocycles. The highest BCUT2D eigenvalue weighted by molar-refractivity contribution is 5.95. The lowest BCUT2D eigenvalue weighted by molar-refractivity contribution is 0.0651. The van der Waals surface area contributed by atoms with Gasteiger partial charge in [-0.25, -0.2) is 0 Å². The van der Waals surface area contributed by atoms with Crippen LogP contribution in [0.4, 0.5) is 0 Å². The van der Waals surface area contributed by atoms with E-state index in [0.29, 0.717) is 23.5 Å². The Bertz CT molecular complexity index is 730. The van der Waals surface area contributed by atoms with E-state index in [-0.39, 0.29) is 5.91 Å². The van der Waals surface area contributed by atoms with Gasteiger partial charge >= 0.3 is 0 Å². The second-order valence-electron chi connectivity index (χ2n) is 5.23. The van der Waals surface area contributed by atoms with Gasteiger partial charge in [-0.3, -0.25) is 4.79 Å². The van der Waals surface area contributed by atoms with Gasteiger partial charge < -0.3 is 9.64 Å². The van der Waals surface area contributed by atoms with Gasteiger partial charge in [-0.15, -0.1) is 0 Å². The number of amides is 1. The molecule has 4 heteroatoms. The van der Waals surface area contributed by atoms with Crippen molar-refractivity contribution in [2.24, 2.45) is 0 Å². The summed E-state index contributed by atoms with van der Waals surface area (Å²) in [7, 11) is 0. The SMILES string of the molecule is N#Cc1ccccc1COc1cccc(C(=O)N2CCC2)c1. The highest BCUT2D eigenvalue weighted by Gasteiger charge is 2.21. The Morgan fingerprint density at radius 1 is 1.18 bits per heavy atom. The maximum absolute atomic E-state index is 12.2. The number of nitriles is 1. The molecule has 4 nitrogen and oxygen atoms in total. The largest absolute Gasteiger partial charge is 0.489 e. The zero-order valence-electron chi connectivity index (χ0n) is 12.2. The highest BCUT2D eigenvalue weighted by atomic mass is 16.5. The molecule has 1 heterocycles. The Kier molecular flexibility index (Phi) is 4.06. The van der Waals surface area contributed by atoms with E-state index in [2.05, 4.69) is 6.07 Å². The van der Waals surface area contributed by atoms with Crippen LogP contribution in [0.25, 0.3) is 0 Å². The van der Waals surface area contributed by atoms with E-state index in [1.165, 1.54) is 0 Å². The lowest BCUT2D eigenvalue weighted by atomic mass is 10.1. The molecule has 0 aromatic heterocycles. The van der Waals surface area contributed by atoms with E-state index >= 15 is 0 Å². The molecule has 1 fully saturated rings. The van der Waals surface area contributed by atoms with Gasteiger partial charge in [0.1, 0.15) is 12.4 Å². The fraction of sp³-hybridized carbons (Fsp3) is 0.222. The van der Waals surface area contributed by atoms with Crippen LogP contribution in [0, 0.1) is 11.3 Å². The van der Waals surface area contributed by atoms with Crippen molar-refractivity contribution in [1.29, 1.82) is 5.26 Å². The first kappa shape index (κ1) is 14.2. The minimum absolute atomic E-state index is 0.0501. The summed E-state index contributed by atoms with van der Waals surface area (Å²) in [6.07, 6.45) is 1.08. The third kappa shape index (κ3) is 2.94. The number of carbonyl (C=O) groups excluding carboxylic acids is 1. The average Bonchev–Trinajstić information content (AvgIpc) is 2.52. The Hall–Kier alpha value is -2.80. The predicted molar refractivity (Wildman–Crippen MR) is 82.5 cm³/mol. The third-order valence-electron chi connectivity index (χ3n) is 3.76. The molecular formula is C18H16N2O2. The summed E-state index contributed by atoms with van der Waals surface area (Å²) >= 11 is 0. The Labute approximate surface area is 129 Å². The third-order valence-corrected chi connectivity index (χ3v) is 3.76. The lowest BCUT2D eigenvalue weighted by Gasteiger charge is -2.30. The molecule has 110 valence electrons. The van der Waals surface area contributed by atoms with Gasteiger partial charge in [-0.05, 0) is 30.7 Å². The molecular weight excluding hydrogens is 276 g/mol. The molecule has 2 aromatic rings. The molecule has 22 heavy (non-hydrogen) atoms. The standard InChI is InChI=1S/C18H16N2O2/c19-12-15-5-1-2-6-16(15)13-22-17-8-3-7-14(11-17)18(21)20-9-4-10-20/h1-3,5-8,11H,4,9-10,13H2. The number of benzene rings is 2.